The molecule has 4 atom stereocenters. The molecule has 0 aromatic rings. The average Bonchev–Trinajstić information content (AvgIpc) is 3.50. The Morgan fingerprint density at radius 2 is 1.69 bits per heavy atom. The second-order valence-corrected chi connectivity index (χ2v) is 15.2. The Morgan fingerprint density at radius 3 is 2.36 bits per heavy atom. The van der Waals surface area contributed by atoms with Gasteiger partial charge >= 0.3 is 12.1 Å². The molecular formula is C44H61N5O10. The number of alkyl carbamates (subject to hydrolysis) is 1. The molecule has 0 aliphatic carbocycles. The monoisotopic (exact) mass is 819 g/mol. The summed E-state index contributed by atoms with van der Waals surface area (Å²) in [5, 5.41) is 11.0. The van der Waals surface area contributed by atoms with Crippen molar-refractivity contribution >= 4 is 41.6 Å². The van der Waals surface area contributed by atoms with Gasteiger partial charge in [0, 0.05) is 69.5 Å². The number of carbonyl (C=O) groups is 7. The van der Waals surface area contributed by atoms with Crippen LogP contribution in [-0.4, -0.2) is 91.5 Å². The Hall–Kier alpha value is -5.91. The number of hydrogen-bond donors (Lipinski definition) is 4. The highest BCUT2D eigenvalue weighted by Crippen LogP contribution is 2.23. The summed E-state index contributed by atoms with van der Waals surface area (Å²) in [6.07, 6.45) is 18.1. The molecule has 322 valence electrons. The van der Waals surface area contributed by atoms with Crippen molar-refractivity contribution in [1.29, 1.82) is 0 Å². The van der Waals surface area contributed by atoms with Crippen molar-refractivity contribution in [2.24, 2.45) is 11.3 Å². The topological polar surface area (TPSA) is 199 Å². The van der Waals surface area contributed by atoms with Gasteiger partial charge in [0.25, 0.3) is 11.8 Å². The van der Waals surface area contributed by atoms with E-state index < -0.39 is 41.4 Å². The van der Waals surface area contributed by atoms with Crippen molar-refractivity contribution in [3.05, 3.63) is 72.2 Å². The highest BCUT2D eigenvalue weighted by atomic mass is 16.6. The van der Waals surface area contributed by atoms with E-state index in [0.717, 1.165) is 5.57 Å². The third-order valence-electron chi connectivity index (χ3n) is 9.11. The summed E-state index contributed by atoms with van der Waals surface area (Å²) < 4.78 is 16.0. The molecule has 6 amide bonds. The van der Waals surface area contributed by atoms with Crippen molar-refractivity contribution in [1.82, 2.24) is 26.2 Å². The maximum Gasteiger partial charge on any atom is 0.407 e. The first-order valence-corrected chi connectivity index (χ1v) is 19.9. The smallest absolute Gasteiger partial charge is 0.407 e. The van der Waals surface area contributed by atoms with Crippen LogP contribution in [0.2, 0.25) is 0 Å². The van der Waals surface area contributed by atoms with Crippen LogP contribution in [0.5, 0.6) is 0 Å². The summed E-state index contributed by atoms with van der Waals surface area (Å²) in [6.45, 7) is 12.0. The third-order valence-corrected chi connectivity index (χ3v) is 9.11. The van der Waals surface area contributed by atoms with Gasteiger partial charge < -0.3 is 35.5 Å². The maximum absolute atomic E-state index is 13.2. The molecule has 0 aromatic heterocycles. The molecular weight excluding hydrogens is 759 g/mol. The summed E-state index contributed by atoms with van der Waals surface area (Å²) in [5.74, 6) is 3.78. The molecule has 0 saturated heterocycles. The Kier molecular flexibility index (Phi) is 21.8. The fourth-order valence-electron chi connectivity index (χ4n) is 5.84. The molecule has 0 spiro atoms. The van der Waals surface area contributed by atoms with Crippen LogP contribution in [0.4, 0.5) is 4.79 Å². The Bertz CT molecular complexity index is 1720. The fraction of sp³-hybridized carbons (Fsp3) is 0.523. The Morgan fingerprint density at radius 1 is 1.00 bits per heavy atom. The number of unbranched alkanes of at least 4 members (excludes halogenated alkanes) is 2. The molecule has 0 saturated carbocycles. The molecule has 15 heteroatoms. The van der Waals surface area contributed by atoms with Crippen LogP contribution in [0.1, 0.15) is 92.9 Å². The molecule has 2 aliphatic heterocycles. The van der Waals surface area contributed by atoms with Crippen LogP contribution in [-0.2, 0) is 43.0 Å². The van der Waals surface area contributed by atoms with Gasteiger partial charge in [-0.05, 0) is 50.8 Å². The number of nitrogens with zero attached hydrogens (tertiary/aromatic N) is 1. The second-order valence-electron chi connectivity index (χ2n) is 15.2. The van der Waals surface area contributed by atoms with Crippen LogP contribution < -0.4 is 21.3 Å². The largest absolute Gasteiger partial charge is 0.490 e. The number of cyclic esters (lactones) is 1. The first-order valence-electron chi connectivity index (χ1n) is 19.9. The molecule has 15 nitrogen and oxygen atoms in total. The van der Waals surface area contributed by atoms with E-state index >= 15 is 0 Å². The Balaban J connectivity index is 1.73. The normalized spacial score (nSPS) is 17.2. The number of nitrogens with one attached hydrogen (secondary N) is 4. The molecule has 0 aromatic carbocycles. The van der Waals surface area contributed by atoms with Gasteiger partial charge in [-0.3, -0.25) is 28.9 Å². The number of amides is 6. The predicted octanol–water partition coefficient (Wildman–Crippen LogP) is 4.58. The lowest BCUT2D eigenvalue weighted by Gasteiger charge is -2.29. The van der Waals surface area contributed by atoms with Gasteiger partial charge in [-0.1, -0.05) is 76.0 Å². The molecule has 0 bridgehead atoms. The van der Waals surface area contributed by atoms with Crippen molar-refractivity contribution in [2.45, 2.75) is 111 Å². The molecule has 4 N–H and O–H groups in total. The van der Waals surface area contributed by atoms with Gasteiger partial charge in [0.15, 0.2) is 5.76 Å². The average molecular weight is 820 g/mol. The number of allylic oxidation sites excluding steroid dienone is 4. The molecule has 0 fully saturated rings. The zero-order chi connectivity index (χ0) is 43.8. The summed E-state index contributed by atoms with van der Waals surface area (Å²) in [7, 11) is 1.43. The lowest BCUT2D eigenvalue weighted by molar-refractivity contribution is -0.151. The van der Waals surface area contributed by atoms with Gasteiger partial charge in [-0.25, -0.2) is 9.59 Å². The maximum atomic E-state index is 13.2. The molecule has 59 heavy (non-hydrogen) atoms. The van der Waals surface area contributed by atoms with Crippen LogP contribution in [0, 0.1) is 23.2 Å². The summed E-state index contributed by atoms with van der Waals surface area (Å²) in [6, 6.07) is -0.862. The van der Waals surface area contributed by atoms with Crippen LogP contribution in [0.15, 0.2) is 72.2 Å². The number of rotatable bonds is 23. The summed E-state index contributed by atoms with van der Waals surface area (Å²) in [5.41, 5.74) is 0.302. The summed E-state index contributed by atoms with van der Waals surface area (Å²) >= 11 is 0. The van der Waals surface area contributed by atoms with E-state index in [4.69, 9.17) is 14.2 Å². The molecule has 0 radical (unpaired) electrons. The first-order chi connectivity index (χ1) is 28.0. The van der Waals surface area contributed by atoms with E-state index in [-0.39, 0.29) is 54.9 Å². The number of ether oxygens (including phenoxy) is 3. The van der Waals surface area contributed by atoms with Crippen molar-refractivity contribution < 1.29 is 47.8 Å². The van der Waals surface area contributed by atoms with E-state index in [1.807, 2.05) is 46.8 Å². The SMILES string of the molecule is CC#CC[C@@H](C/C=C\NC(=O)[C@@H](NC(=O)\C=C/C=C\C(C)=C\[C@H](C)C1CC=C(OC)C(=O)O1)C(C)(C)C)OC(=O)NCCCNC(=O)CCCCCN1C(=O)C=CC1=O. The number of carbonyl (C=O) groups excluding carboxylic acids is 7. The molecule has 2 rings (SSSR count). The lowest BCUT2D eigenvalue weighted by atomic mass is 9.86. The van der Waals surface area contributed by atoms with E-state index in [1.54, 1.807) is 31.2 Å². The van der Waals surface area contributed by atoms with Gasteiger partial charge in [0.05, 0.1) is 7.11 Å². The first kappa shape index (κ1) is 49.2. The highest BCUT2D eigenvalue weighted by Gasteiger charge is 2.32. The predicted molar refractivity (Wildman–Crippen MR) is 222 cm³/mol. The molecule has 1 unspecified atom stereocenters. The van der Waals surface area contributed by atoms with Crippen molar-refractivity contribution in [3.8, 4) is 11.8 Å². The number of esters is 1. The zero-order valence-electron chi connectivity index (χ0n) is 35.4. The van der Waals surface area contributed by atoms with Gasteiger partial charge in [-0.2, -0.15) is 0 Å². The van der Waals surface area contributed by atoms with E-state index in [0.29, 0.717) is 51.6 Å². The summed E-state index contributed by atoms with van der Waals surface area (Å²) in [4.78, 5) is 86.8. The van der Waals surface area contributed by atoms with E-state index in [9.17, 15) is 33.6 Å². The van der Waals surface area contributed by atoms with Crippen LogP contribution in [0.3, 0.4) is 0 Å². The van der Waals surface area contributed by atoms with Crippen LogP contribution in [0.25, 0.3) is 0 Å². The minimum Gasteiger partial charge on any atom is -0.490 e. The molecule has 2 heterocycles. The second kappa shape index (κ2) is 26.2. The number of methoxy groups -OCH3 is 1. The van der Waals surface area contributed by atoms with E-state index in [2.05, 4.69) is 33.1 Å². The zero-order valence-corrected chi connectivity index (χ0v) is 35.4. The van der Waals surface area contributed by atoms with E-state index in [1.165, 1.54) is 36.4 Å². The molecule has 2 aliphatic rings. The van der Waals surface area contributed by atoms with Crippen LogP contribution >= 0.6 is 0 Å². The Labute approximate surface area is 348 Å². The lowest BCUT2D eigenvalue weighted by Crippen LogP contribution is -2.52. The third kappa shape index (κ3) is 19.4. The number of imide groups is 1. The highest BCUT2D eigenvalue weighted by molar-refractivity contribution is 6.12. The fourth-order valence-corrected chi connectivity index (χ4v) is 5.84. The van der Waals surface area contributed by atoms with Gasteiger partial charge in [0.2, 0.25) is 17.7 Å². The number of hydrogen-bond acceptors (Lipinski definition) is 10. The standard InChI is InChI=1S/C44H61N5O10/c1-8-9-18-33(58-43(56)47-28-16-27-45-36(50)20-11-10-14-29-49-38(52)24-25-39(49)53)19-15-26-46-41(54)40(44(4,5)6)48-37(51)21-13-12-17-31(2)30-32(3)34-22-23-35(57-7)42(55)59-34/h12-13,15,17,21,23-26,30,32-34,40H,10-11,14,16,18-20,22,27-29H2,1-7H3,(H,45,50)(H,46,54)(H,47,56)(H,48,51)/b17-12-,21-13-,26-15-,31-30+/t32-,33-,34?,40+/m0/s1. The van der Waals surface area contributed by atoms with Crippen molar-refractivity contribution in [3.63, 3.8) is 0 Å². The quantitative estimate of drug-likeness (QED) is 0.0283. The minimum absolute atomic E-state index is 0.0403. The van der Waals surface area contributed by atoms with Gasteiger partial charge in [0.1, 0.15) is 18.2 Å². The van der Waals surface area contributed by atoms with Crippen molar-refractivity contribution in [2.75, 3.05) is 26.7 Å². The van der Waals surface area contributed by atoms with Gasteiger partial charge in [-0.15, -0.1) is 5.92 Å². The minimum atomic E-state index is -0.862.